The van der Waals surface area contributed by atoms with Crippen molar-refractivity contribution >= 4 is 5.97 Å². The molecule has 1 aromatic rings. The molecular formula is C14H24N4O3. The first kappa shape index (κ1) is 15.9. The van der Waals surface area contributed by atoms with E-state index in [0.29, 0.717) is 18.4 Å². The molecular weight excluding hydrogens is 272 g/mol. The summed E-state index contributed by atoms with van der Waals surface area (Å²) in [5.41, 5.74) is 0. The molecule has 0 aromatic carbocycles. The summed E-state index contributed by atoms with van der Waals surface area (Å²) >= 11 is 0. The zero-order valence-corrected chi connectivity index (χ0v) is 12.8. The Balaban J connectivity index is 1.83. The molecule has 2 heterocycles. The number of aliphatic carboxylic acids is 1. The van der Waals surface area contributed by atoms with Crippen molar-refractivity contribution in [1.82, 2.24) is 19.9 Å². The van der Waals surface area contributed by atoms with Crippen LogP contribution < -0.4 is 0 Å². The lowest BCUT2D eigenvalue weighted by molar-refractivity contribution is -0.138. The molecule has 2 rings (SSSR count). The van der Waals surface area contributed by atoms with Gasteiger partial charge in [0.15, 0.2) is 5.82 Å². The van der Waals surface area contributed by atoms with Crippen LogP contribution in [0.3, 0.4) is 0 Å². The molecule has 118 valence electrons. The van der Waals surface area contributed by atoms with Crippen molar-refractivity contribution in [2.45, 2.75) is 33.2 Å². The van der Waals surface area contributed by atoms with Crippen molar-refractivity contribution in [3.05, 3.63) is 11.7 Å². The molecule has 1 N–H and O–H groups in total. The quantitative estimate of drug-likeness (QED) is 0.833. The molecule has 1 aliphatic heterocycles. The van der Waals surface area contributed by atoms with E-state index in [9.17, 15) is 4.79 Å². The van der Waals surface area contributed by atoms with Gasteiger partial charge in [0.1, 0.15) is 0 Å². The molecule has 0 aliphatic carbocycles. The molecule has 0 bridgehead atoms. The van der Waals surface area contributed by atoms with Gasteiger partial charge in [-0.25, -0.2) is 0 Å². The van der Waals surface area contributed by atoms with Crippen molar-refractivity contribution in [2.24, 2.45) is 5.92 Å². The van der Waals surface area contributed by atoms with Crippen LogP contribution >= 0.6 is 0 Å². The zero-order valence-electron chi connectivity index (χ0n) is 12.8. The third-order valence-electron chi connectivity index (χ3n) is 3.50. The predicted octanol–water partition coefficient (Wildman–Crippen LogP) is 0.860. The van der Waals surface area contributed by atoms with E-state index < -0.39 is 5.97 Å². The number of hydrogen-bond acceptors (Lipinski definition) is 6. The standard InChI is InChI=1S/C14H24N4O3/c1-11(2)8-12-15-13(21-16-12)9-17-4-3-5-18(7-6-17)10-14(19)20/h11H,3-10H2,1-2H3,(H,19,20). The normalized spacial score (nSPS) is 18.0. The van der Waals surface area contributed by atoms with E-state index in [-0.39, 0.29) is 6.54 Å². The van der Waals surface area contributed by atoms with Crippen molar-refractivity contribution in [3.8, 4) is 0 Å². The minimum Gasteiger partial charge on any atom is -0.480 e. The van der Waals surface area contributed by atoms with Crippen molar-refractivity contribution < 1.29 is 14.4 Å². The predicted molar refractivity (Wildman–Crippen MR) is 76.8 cm³/mol. The highest BCUT2D eigenvalue weighted by atomic mass is 16.5. The van der Waals surface area contributed by atoms with E-state index in [0.717, 1.165) is 44.8 Å². The maximum atomic E-state index is 10.8. The van der Waals surface area contributed by atoms with Gasteiger partial charge in [0.25, 0.3) is 0 Å². The van der Waals surface area contributed by atoms with Crippen LogP contribution in [0.1, 0.15) is 32.0 Å². The Morgan fingerprint density at radius 1 is 1.29 bits per heavy atom. The van der Waals surface area contributed by atoms with Crippen LogP contribution in [0.5, 0.6) is 0 Å². The van der Waals surface area contributed by atoms with Gasteiger partial charge in [-0.15, -0.1) is 0 Å². The Kier molecular flexibility index (Phi) is 5.69. The highest BCUT2D eigenvalue weighted by Gasteiger charge is 2.18. The summed E-state index contributed by atoms with van der Waals surface area (Å²) in [6, 6.07) is 0. The molecule has 0 radical (unpaired) electrons. The second-order valence-corrected chi connectivity index (χ2v) is 6.00. The third kappa shape index (κ3) is 5.43. The lowest BCUT2D eigenvalue weighted by Crippen LogP contribution is -2.34. The second kappa shape index (κ2) is 7.51. The Morgan fingerprint density at radius 2 is 2.00 bits per heavy atom. The van der Waals surface area contributed by atoms with Crippen molar-refractivity contribution in [2.75, 3.05) is 32.7 Å². The van der Waals surface area contributed by atoms with E-state index in [4.69, 9.17) is 9.63 Å². The van der Waals surface area contributed by atoms with Gasteiger partial charge in [-0.2, -0.15) is 4.98 Å². The molecule has 0 atom stereocenters. The first-order valence-corrected chi connectivity index (χ1v) is 7.51. The fraction of sp³-hybridized carbons (Fsp3) is 0.786. The van der Waals surface area contributed by atoms with E-state index in [1.54, 1.807) is 0 Å². The number of nitrogens with zero attached hydrogens (tertiary/aromatic N) is 4. The summed E-state index contributed by atoms with van der Waals surface area (Å²) in [5.74, 6) is 1.16. The molecule has 0 amide bonds. The van der Waals surface area contributed by atoms with Gasteiger partial charge in [0.05, 0.1) is 13.1 Å². The topological polar surface area (TPSA) is 82.7 Å². The number of carbonyl (C=O) groups is 1. The molecule has 1 aromatic heterocycles. The summed E-state index contributed by atoms with van der Waals surface area (Å²) < 4.78 is 5.29. The van der Waals surface area contributed by atoms with Gasteiger partial charge < -0.3 is 9.63 Å². The molecule has 1 aliphatic rings. The smallest absolute Gasteiger partial charge is 0.317 e. The fourth-order valence-electron chi connectivity index (χ4n) is 2.53. The maximum absolute atomic E-state index is 10.8. The van der Waals surface area contributed by atoms with Crippen LogP contribution in [0.2, 0.25) is 0 Å². The second-order valence-electron chi connectivity index (χ2n) is 6.00. The molecule has 7 heteroatoms. The summed E-state index contributed by atoms with van der Waals surface area (Å²) in [5, 5.41) is 12.8. The zero-order chi connectivity index (χ0) is 15.2. The van der Waals surface area contributed by atoms with E-state index in [2.05, 4.69) is 28.9 Å². The van der Waals surface area contributed by atoms with Crippen LogP contribution in [-0.4, -0.2) is 63.7 Å². The average Bonchev–Trinajstić information content (AvgIpc) is 2.69. The monoisotopic (exact) mass is 296 g/mol. The molecule has 21 heavy (non-hydrogen) atoms. The van der Waals surface area contributed by atoms with Gasteiger partial charge >= 0.3 is 5.97 Å². The SMILES string of the molecule is CC(C)Cc1noc(CN2CCCN(CC(=O)O)CC2)n1. The summed E-state index contributed by atoms with van der Waals surface area (Å²) in [4.78, 5) is 19.4. The molecule has 1 fully saturated rings. The first-order valence-electron chi connectivity index (χ1n) is 7.51. The summed E-state index contributed by atoms with van der Waals surface area (Å²) in [7, 11) is 0. The largest absolute Gasteiger partial charge is 0.480 e. The van der Waals surface area contributed by atoms with E-state index in [1.807, 2.05) is 4.90 Å². The molecule has 0 saturated carbocycles. The lowest BCUT2D eigenvalue weighted by atomic mass is 10.1. The Labute approximate surface area is 124 Å². The third-order valence-corrected chi connectivity index (χ3v) is 3.50. The van der Waals surface area contributed by atoms with Crippen LogP contribution in [-0.2, 0) is 17.8 Å². The minimum atomic E-state index is -0.765. The summed E-state index contributed by atoms with van der Waals surface area (Å²) in [6.45, 7) is 8.36. The van der Waals surface area contributed by atoms with Gasteiger partial charge in [0, 0.05) is 26.1 Å². The van der Waals surface area contributed by atoms with Gasteiger partial charge in [-0.05, 0) is 18.9 Å². The van der Waals surface area contributed by atoms with Crippen LogP contribution in [0.25, 0.3) is 0 Å². The lowest BCUT2D eigenvalue weighted by Gasteiger charge is -2.18. The molecule has 0 unspecified atom stereocenters. The van der Waals surface area contributed by atoms with Gasteiger partial charge in [0.2, 0.25) is 5.89 Å². The Morgan fingerprint density at radius 3 is 2.71 bits per heavy atom. The van der Waals surface area contributed by atoms with E-state index >= 15 is 0 Å². The molecule has 0 spiro atoms. The Hall–Kier alpha value is -1.47. The minimum absolute atomic E-state index is 0.118. The highest BCUT2D eigenvalue weighted by molar-refractivity contribution is 5.69. The number of rotatable bonds is 6. The number of carboxylic acids is 1. The summed E-state index contributed by atoms with van der Waals surface area (Å²) in [6.07, 6.45) is 1.79. The fourth-order valence-corrected chi connectivity index (χ4v) is 2.53. The van der Waals surface area contributed by atoms with Crippen LogP contribution in [0, 0.1) is 5.92 Å². The number of aromatic nitrogens is 2. The molecule has 7 nitrogen and oxygen atoms in total. The number of carboxylic acid groups (broad SMARTS) is 1. The Bertz CT molecular complexity index is 461. The van der Waals surface area contributed by atoms with E-state index in [1.165, 1.54) is 0 Å². The van der Waals surface area contributed by atoms with Crippen LogP contribution in [0.15, 0.2) is 4.52 Å². The van der Waals surface area contributed by atoms with Crippen molar-refractivity contribution in [1.29, 1.82) is 0 Å². The number of hydrogen-bond donors (Lipinski definition) is 1. The molecule has 1 saturated heterocycles. The van der Waals surface area contributed by atoms with Crippen LogP contribution in [0.4, 0.5) is 0 Å². The maximum Gasteiger partial charge on any atom is 0.317 e. The van der Waals surface area contributed by atoms with Gasteiger partial charge in [-0.3, -0.25) is 14.6 Å². The van der Waals surface area contributed by atoms with Crippen molar-refractivity contribution in [3.63, 3.8) is 0 Å². The first-order chi connectivity index (χ1) is 10.0. The highest BCUT2D eigenvalue weighted by Crippen LogP contribution is 2.09. The average molecular weight is 296 g/mol. The van der Waals surface area contributed by atoms with Gasteiger partial charge in [-0.1, -0.05) is 19.0 Å².